The Bertz CT molecular complexity index is 487. The van der Waals surface area contributed by atoms with E-state index in [1.54, 1.807) is 0 Å². The number of nitro benzene ring substituents is 1. The number of phenols is 1. The molecular weight excluding hydrogens is 272 g/mol. The van der Waals surface area contributed by atoms with Crippen LogP contribution in [-0.4, -0.2) is 39.2 Å². The van der Waals surface area contributed by atoms with Gasteiger partial charge in [0.15, 0.2) is 0 Å². The fourth-order valence-corrected chi connectivity index (χ4v) is 3.00. The maximum atomic E-state index is 10.8. The second-order valence-corrected chi connectivity index (χ2v) is 5.56. The van der Waals surface area contributed by atoms with Gasteiger partial charge in [-0.3, -0.25) is 15.0 Å². The number of hydrogen-bond acceptors (Lipinski definition) is 5. The number of nitro groups is 1. The molecule has 1 fully saturated rings. The number of non-ortho nitro benzene ring substituents is 1. The number of aromatic hydroxyl groups is 1. The standard InChI is InChI=1S/C15H22N2O4/c18-9-8-16(13-4-2-1-3-5-13)11-12-10-14(17(20)21)6-7-15(12)19/h6-7,10,13,18-19H,1-5,8-9,11H2. The largest absolute Gasteiger partial charge is 0.508 e. The fourth-order valence-electron chi connectivity index (χ4n) is 3.00. The normalized spacial score (nSPS) is 16.3. The molecule has 1 aromatic rings. The van der Waals surface area contributed by atoms with Crippen LogP contribution in [0.1, 0.15) is 37.7 Å². The molecule has 6 nitrogen and oxygen atoms in total. The summed E-state index contributed by atoms with van der Waals surface area (Å²) in [6, 6.07) is 4.47. The Hall–Kier alpha value is -1.66. The first-order valence-electron chi connectivity index (χ1n) is 7.43. The highest BCUT2D eigenvalue weighted by Gasteiger charge is 2.22. The van der Waals surface area contributed by atoms with Crippen molar-refractivity contribution in [2.24, 2.45) is 0 Å². The van der Waals surface area contributed by atoms with Crippen LogP contribution in [0.25, 0.3) is 0 Å². The van der Waals surface area contributed by atoms with E-state index in [0.29, 0.717) is 24.7 Å². The molecule has 0 radical (unpaired) electrons. The summed E-state index contributed by atoms with van der Waals surface area (Å²) in [5.41, 5.74) is 0.526. The van der Waals surface area contributed by atoms with Gasteiger partial charge in [-0.2, -0.15) is 0 Å². The van der Waals surface area contributed by atoms with Crippen LogP contribution in [0.4, 0.5) is 5.69 Å². The van der Waals surface area contributed by atoms with E-state index in [9.17, 15) is 20.3 Å². The molecule has 21 heavy (non-hydrogen) atoms. The minimum Gasteiger partial charge on any atom is -0.508 e. The summed E-state index contributed by atoms with van der Waals surface area (Å²) in [7, 11) is 0. The maximum Gasteiger partial charge on any atom is 0.270 e. The number of aliphatic hydroxyl groups excluding tert-OH is 1. The van der Waals surface area contributed by atoms with Gasteiger partial charge in [-0.1, -0.05) is 19.3 Å². The number of rotatable bonds is 6. The van der Waals surface area contributed by atoms with Gasteiger partial charge < -0.3 is 10.2 Å². The van der Waals surface area contributed by atoms with Gasteiger partial charge in [-0.25, -0.2) is 0 Å². The Morgan fingerprint density at radius 1 is 1.29 bits per heavy atom. The van der Waals surface area contributed by atoms with Gasteiger partial charge in [0.05, 0.1) is 11.5 Å². The topological polar surface area (TPSA) is 86.8 Å². The fraction of sp³-hybridized carbons (Fsp3) is 0.600. The Labute approximate surface area is 124 Å². The highest BCUT2D eigenvalue weighted by molar-refractivity contribution is 5.43. The van der Waals surface area contributed by atoms with Crippen molar-refractivity contribution in [1.82, 2.24) is 4.90 Å². The van der Waals surface area contributed by atoms with Crippen molar-refractivity contribution in [3.8, 4) is 5.75 Å². The number of phenolic OH excluding ortho intramolecular Hbond substituents is 1. The summed E-state index contributed by atoms with van der Waals surface area (Å²) in [5.74, 6) is 0.0688. The molecule has 0 atom stereocenters. The van der Waals surface area contributed by atoms with E-state index in [2.05, 4.69) is 4.90 Å². The third-order valence-electron chi connectivity index (χ3n) is 4.13. The molecule has 0 amide bonds. The van der Waals surface area contributed by atoms with Crippen molar-refractivity contribution in [2.75, 3.05) is 13.2 Å². The van der Waals surface area contributed by atoms with Gasteiger partial charge in [0.1, 0.15) is 5.75 Å². The van der Waals surface area contributed by atoms with Gasteiger partial charge in [0.2, 0.25) is 0 Å². The molecule has 2 rings (SSSR count). The summed E-state index contributed by atoms with van der Waals surface area (Å²) in [5, 5.41) is 30.0. The highest BCUT2D eigenvalue weighted by Crippen LogP contribution is 2.28. The van der Waals surface area contributed by atoms with Gasteiger partial charge in [0.25, 0.3) is 5.69 Å². The molecule has 0 aliphatic heterocycles. The molecule has 0 heterocycles. The predicted octanol–water partition coefficient (Wildman–Crippen LogP) is 2.43. The van der Waals surface area contributed by atoms with E-state index in [-0.39, 0.29) is 18.0 Å². The molecule has 1 saturated carbocycles. The predicted molar refractivity (Wildman–Crippen MR) is 79.1 cm³/mol. The van der Waals surface area contributed by atoms with Gasteiger partial charge in [0, 0.05) is 36.8 Å². The van der Waals surface area contributed by atoms with Crippen LogP contribution in [0.3, 0.4) is 0 Å². The summed E-state index contributed by atoms with van der Waals surface area (Å²) < 4.78 is 0. The van der Waals surface area contributed by atoms with Crippen LogP contribution >= 0.6 is 0 Å². The third kappa shape index (κ3) is 4.15. The van der Waals surface area contributed by atoms with E-state index in [4.69, 9.17) is 0 Å². The van der Waals surface area contributed by atoms with Crippen molar-refractivity contribution in [3.05, 3.63) is 33.9 Å². The molecule has 0 spiro atoms. The van der Waals surface area contributed by atoms with E-state index < -0.39 is 4.92 Å². The van der Waals surface area contributed by atoms with Gasteiger partial charge in [-0.05, 0) is 18.9 Å². The molecule has 0 bridgehead atoms. The van der Waals surface area contributed by atoms with Crippen LogP contribution in [0.2, 0.25) is 0 Å². The summed E-state index contributed by atoms with van der Waals surface area (Å²) in [6.45, 7) is 0.998. The lowest BCUT2D eigenvalue weighted by Gasteiger charge is -2.34. The number of nitrogens with zero attached hydrogens (tertiary/aromatic N) is 2. The molecule has 0 saturated heterocycles. The van der Waals surface area contributed by atoms with Crippen molar-refractivity contribution in [2.45, 2.75) is 44.7 Å². The van der Waals surface area contributed by atoms with Crippen LogP contribution < -0.4 is 0 Å². The Kier molecular flexibility index (Phi) is 5.52. The monoisotopic (exact) mass is 294 g/mol. The quantitative estimate of drug-likeness (QED) is 0.621. The second kappa shape index (κ2) is 7.38. The summed E-state index contributed by atoms with van der Waals surface area (Å²) >= 11 is 0. The molecule has 0 unspecified atom stereocenters. The zero-order chi connectivity index (χ0) is 15.2. The van der Waals surface area contributed by atoms with Crippen molar-refractivity contribution >= 4 is 5.69 Å². The van der Waals surface area contributed by atoms with E-state index in [0.717, 1.165) is 12.8 Å². The molecule has 116 valence electrons. The van der Waals surface area contributed by atoms with Crippen LogP contribution in [0.15, 0.2) is 18.2 Å². The van der Waals surface area contributed by atoms with Crippen molar-refractivity contribution in [1.29, 1.82) is 0 Å². The SMILES string of the molecule is O=[N+]([O-])c1ccc(O)c(CN(CCO)C2CCCCC2)c1. The lowest BCUT2D eigenvalue weighted by Crippen LogP contribution is -2.38. The Balaban J connectivity index is 2.15. The van der Waals surface area contributed by atoms with E-state index in [1.807, 2.05) is 0 Å². The Morgan fingerprint density at radius 2 is 2.00 bits per heavy atom. The second-order valence-electron chi connectivity index (χ2n) is 5.56. The maximum absolute atomic E-state index is 10.8. The first-order valence-corrected chi connectivity index (χ1v) is 7.43. The van der Waals surface area contributed by atoms with Crippen LogP contribution in [0, 0.1) is 10.1 Å². The minimum absolute atomic E-state index is 0.0182. The summed E-state index contributed by atoms with van der Waals surface area (Å²) in [6.07, 6.45) is 5.75. The zero-order valence-electron chi connectivity index (χ0n) is 12.1. The number of aliphatic hydroxyl groups is 1. The van der Waals surface area contributed by atoms with E-state index in [1.165, 1.54) is 37.5 Å². The number of hydrogen-bond donors (Lipinski definition) is 2. The van der Waals surface area contributed by atoms with Gasteiger partial charge in [-0.15, -0.1) is 0 Å². The Morgan fingerprint density at radius 3 is 2.62 bits per heavy atom. The smallest absolute Gasteiger partial charge is 0.270 e. The first kappa shape index (κ1) is 15.7. The molecule has 1 aromatic carbocycles. The van der Waals surface area contributed by atoms with Crippen LogP contribution in [-0.2, 0) is 6.54 Å². The molecule has 1 aliphatic carbocycles. The molecular formula is C15H22N2O4. The third-order valence-corrected chi connectivity index (χ3v) is 4.13. The molecule has 6 heteroatoms. The highest BCUT2D eigenvalue weighted by atomic mass is 16.6. The lowest BCUT2D eigenvalue weighted by molar-refractivity contribution is -0.385. The summed E-state index contributed by atoms with van der Waals surface area (Å²) in [4.78, 5) is 12.5. The van der Waals surface area contributed by atoms with Crippen molar-refractivity contribution < 1.29 is 15.1 Å². The molecule has 0 aromatic heterocycles. The lowest BCUT2D eigenvalue weighted by atomic mass is 9.93. The minimum atomic E-state index is -0.458. The average molecular weight is 294 g/mol. The average Bonchev–Trinajstić information content (AvgIpc) is 2.49. The van der Waals surface area contributed by atoms with Crippen LogP contribution in [0.5, 0.6) is 5.75 Å². The van der Waals surface area contributed by atoms with Crippen molar-refractivity contribution in [3.63, 3.8) is 0 Å². The zero-order valence-corrected chi connectivity index (χ0v) is 12.1. The van der Waals surface area contributed by atoms with E-state index >= 15 is 0 Å². The first-order chi connectivity index (χ1) is 10.1. The molecule has 2 N–H and O–H groups in total. The molecule has 1 aliphatic rings. The number of benzene rings is 1. The van der Waals surface area contributed by atoms with Gasteiger partial charge >= 0.3 is 0 Å².